The summed E-state index contributed by atoms with van der Waals surface area (Å²) in [6, 6.07) is 11.4. The zero-order valence-electron chi connectivity index (χ0n) is 15.4. The Hall–Kier alpha value is -3.41. The maximum atomic E-state index is 12.8. The van der Waals surface area contributed by atoms with Gasteiger partial charge in [-0.3, -0.25) is 9.59 Å². The number of methoxy groups -OCH3 is 1. The van der Waals surface area contributed by atoms with Gasteiger partial charge in [0.05, 0.1) is 23.7 Å². The Labute approximate surface area is 161 Å². The van der Waals surface area contributed by atoms with Gasteiger partial charge in [-0.1, -0.05) is 12.1 Å². The average molecular weight is 377 g/mol. The van der Waals surface area contributed by atoms with Gasteiger partial charge in [0.1, 0.15) is 11.3 Å². The highest BCUT2D eigenvalue weighted by Gasteiger charge is 2.19. The molecule has 4 rings (SSSR count). The number of fused-ring (bicyclic) bond motifs is 2. The Morgan fingerprint density at radius 1 is 1.07 bits per heavy atom. The Morgan fingerprint density at radius 3 is 2.68 bits per heavy atom. The van der Waals surface area contributed by atoms with Gasteiger partial charge in [-0.25, -0.2) is 4.79 Å². The highest BCUT2D eigenvalue weighted by atomic mass is 16.5. The topological polar surface area (TPSA) is 85.6 Å². The van der Waals surface area contributed by atoms with E-state index in [4.69, 9.17) is 9.15 Å². The van der Waals surface area contributed by atoms with Crippen LogP contribution >= 0.6 is 0 Å². The van der Waals surface area contributed by atoms with E-state index in [-0.39, 0.29) is 11.0 Å². The summed E-state index contributed by atoms with van der Waals surface area (Å²) < 4.78 is 10.6. The first-order valence-electron chi connectivity index (χ1n) is 9.16. The predicted molar refractivity (Wildman–Crippen MR) is 105 cm³/mol. The van der Waals surface area contributed by atoms with Crippen molar-refractivity contribution >= 4 is 28.5 Å². The molecule has 0 saturated heterocycles. The standard InChI is InChI=1S/C22H19NO5/c1-27-22(26)14-6-2-4-8-17(14)23-21(25)13-10-11-19-16(12-13)20(24)15-7-3-5-9-18(15)28-19/h2,4,6,8,10-12H,3,5,7,9H2,1H3,(H,23,25). The molecule has 1 aliphatic carbocycles. The number of carbonyl (C=O) groups excluding carboxylic acids is 2. The van der Waals surface area contributed by atoms with E-state index >= 15 is 0 Å². The molecular formula is C22H19NO5. The van der Waals surface area contributed by atoms with Crippen molar-refractivity contribution in [3.63, 3.8) is 0 Å². The third-order valence-corrected chi connectivity index (χ3v) is 4.99. The highest BCUT2D eigenvalue weighted by molar-refractivity contribution is 6.09. The molecule has 6 nitrogen and oxygen atoms in total. The van der Waals surface area contributed by atoms with Crippen molar-refractivity contribution in [3.05, 3.63) is 75.1 Å². The number of ether oxygens (including phenoxy) is 1. The van der Waals surface area contributed by atoms with Gasteiger partial charge in [-0.15, -0.1) is 0 Å². The van der Waals surface area contributed by atoms with Crippen LogP contribution in [-0.2, 0) is 17.6 Å². The van der Waals surface area contributed by atoms with Gasteiger partial charge in [0.25, 0.3) is 5.91 Å². The molecule has 0 radical (unpaired) electrons. The molecule has 1 heterocycles. The Balaban J connectivity index is 1.70. The zero-order valence-corrected chi connectivity index (χ0v) is 15.4. The van der Waals surface area contributed by atoms with Gasteiger partial charge in [0.15, 0.2) is 5.43 Å². The van der Waals surface area contributed by atoms with Crippen LogP contribution in [0, 0.1) is 0 Å². The first-order chi connectivity index (χ1) is 13.6. The quantitative estimate of drug-likeness (QED) is 0.703. The Bertz CT molecular complexity index is 1150. The molecule has 1 N–H and O–H groups in total. The van der Waals surface area contributed by atoms with Crippen molar-refractivity contribution in [3.8, 4) is 0 Å². The third-order valence-electron chi connectivity index (χ3n) is 4.99. The second kappa shape index (κ2) is 7.31. The van der Waals surface area contributed by atoms with E-state index in [1.807, 2.05) is 0 Å². The number of hydrogen-bond donors (Lipinski definition) is 1. The third kappa shape index (κ3) is 3.17. The molecule has 0 fully saturated rings. The summed E-state index contributed by atoms with van der Waals surface area (Å²) in [5, 5.41) is 3.11. The molecule has 1 aliphatic rings. The molecule has 0 spiro atoms. The smallest absolute Gasteiger partial charge is 0.339 e. The number of nitrogens with one attached hydrogen (secondary N) is 1. The van der Waals surface area contributed by atoms with Crippen LogP contribution in [0.4, 0.5) is 5.69 Å². The van der Waals surface area contributed by atoms with Crippen molar-refractivity contribution in [1.82, 2.24) is 0 Å². The molecular weight excluding hydrogens is 358 g/mol. The van der Waals surface area contributed by atoms with Crippen molar-refractivity contribution in [2.45, 2.75) is 25.7 Å². The molecule has 0 atom stereocenters. The molecule has 2 aromatic carbocycles. The lowest BCUT2D eigenvalue weighted by Gasteiger charge is -2.14. The first-order valence-corrected chi connectivity index (χ1v) is 9.16. The molecule has 1 amide bonds. The van der Waals surface area contributed by atoms with E-state index < -0.39 is 11.9 Å². The van der Waals surface area contributed by atoms with Crippen LogP contribution in [0.1, 0.15) is 44.9 Å². The minimum absolute atomic E-state index is 0.0689. The SMILES string of the molecule is COC(=O)c1ccccc1NC(=O)c1ccc2oc3c(c(=O)c2c1)CCCC3. The summed E-state index contributed by atoms with van der Waals surface area (Å²) in [7, 11) is 1.28. The molecule has 0 unspecified atom stereocenters. The summed E-state index contributed by atoms with van der Waals surface area (Å²) in [6.45, 7) is 0. The summed E-state index contributed by atoms with van der Waals surface area (Å²) in [4.78, 5) is 37.4. The minimum atomic E-state index is -0.540. The van der Waals surface area contributed by atoms with Crippen molar-refractivity contribution < 1.29 is 18.7 Å². The Kier molecular flexibility index (Phi) is 4.69. The molecule has 142 valence electrons. The van der Waals surface area contributed by atoms with Gasteiger partial charge < -0.3 is 14.5 Å². The van der Waals surface area contributed by atoms with Crippen molar-refractivity contribution in [1.29, 1.82) is 0 Å². The van der Waals surface area contributed by atoms with Crippen LogP contribution in [0.3, 0.4) is 0 Å². The van der Waals surface area contributed by atoms with Crippen LogP contribution in [0.5, 0.6) is 0 Å². The minimum Gasteiger partial charge on any atom is -0.465 e. The summed E-state index contributed by atoms with van der Waals surface area (Å²) >= 11 is 0. The number of anilines is 1. The molecule has 3 aromatic rings. The van der Waals surface area contributed by atoms with Crippen LogP contribution in [0.25, 0.3) is 11.0 Å². The van der Waals surface area contributed by atoms with Crippen molar-refractivity contribution in [2.24, 2.45) is 0 Å². The molecule has 1 aromatic heterocycles. The second-order valence-electron chi connectivity index (χ2n) is 6.74. The first kappa shape index (κ1) is 18.0. The van der Waals surface area contributed by atoms with Crippen LogP contribution in [-0.4, -0.2) is 19.0 Å². The van der Waals surface area contributed by atoms with Crippen LogP contribution in [0.2, 0.25) is 0 Å². The van der Waals surface area contributed by atoms with E-state index in [0.717, 1.165) is 25.0 Å². The van der Waals surface area contributed by atoms with Gasteiger partial charge in [-0.2, -0.15) is 0 Å². The lowest BCUT2D eigenvalue weighted by Crippen LogP contribution is -2.18. The van der Waals surface area contributed by atoms with Gasteiger partial charge in [0, 0.05) is 17.5 Å². The maximum absolute atomic E-state index is 12.8. The number of rotatable bonds is 3. The molecule has 6 heteroatoms. The van der Waals surface area contributed by atoms with Crippen LogP contribution in [0.15, 0.2) is 51.7 Å². The van der Waals surface area contributed by atoms with Gasteiger partial charge in [0.2, 0.25) is 0 Å². The number of hydrogen-bond acceptors (Lipinski definition) is 5. The van der Waals surface area contributed by atoms with Crippen molar-refractivity contribution in [2.75, 3.05) is 12.4 Å². The fourth-order valence-corrected chi connectivity index (χ4v) is 3.54. The highest BCUT2D eigenvalue weighted by Crippen LogP contribution is 2.24. The number of aryl methyl sites for hydroxylation is 1. The molecule has 0 bridgehead atoms. The summed E-state index contributed by atoms with van der Waals surface area (Å²) in [5.74, 6) is -0.204. The fourth-order valence-electron chi connectivity index (χ4n) is 3.54. The molecule has 0 aliphatic heterocycles. The van der Waals surface area contributed by atoms with E-state index in [9.17, 15) is 14.4 Å². The predicted octanol–water partition coefficient (Wildman–Crippen LogP) is 3.71. The van der Waals surface area contributed by atoms with E-state index in [1.165, 1.54) is 7.11 Å². The number of esters is 1. The van der Waals surface area contributed by atoms with E-state index in [2.05, 4.69) is 5.32 Å². The summed E-state index contributed by atoms with van der Waals surface area (Å²) in [6.07, 6.45) is 3.46. The largest absolute Gasteiger partial charge is 0.465 e. The maximum Gasteiger partial charge on any atom is 0.339 e. The monoisotopic (exact) mass is 377 g/mol. The molecule has 0 saturated carbocycles. The Morgan fingerprint density at radius 2 is 1.86 bits per heavy atom. The normalized spacial score (nSPS) is 13.0. The van der Waals surface area contributed by atoms with Gasteiger partial charge >= 0.3 is 5.97 Å². The number of para-hydroxylation sites is 1. The second-order valence-corrected chi connectivity index (χ2v) is 6.74. The van der Waals surface area contributed by atoms with E-state index in [1.54, 1.807) is 42.5 Å². The number of amides is 1. The molecule has 28 heavy (non-hydrogen) atoms. The number of carbonyl (C=O) groups is 2. The lowest BCUT2D eigenvalue weighted by atomic mass is 9.95. The van der Waals surface area contributed by atoms with Crippen LogP contribution < -0.4 is 10.7 Å². The average Bonchev–Trinajstić information content (AvgIpc) is 2.73. The number of benzene rings is 2. The van der Waals surface area contributed by atoms with E-state index in [0.29, 0.717) is 34.2 Å². The van der Waals surface area contributed by atoms with Gasteiger partial charge in [-0.05, 0) is 49.6 Å². The fraction of sp³-hybridized carbons (Fsp3) is 0.227. The lowest BCUT2D eigenvalue weighted by molar-refractivity contribution is 0.0602. The summed E-state index contributed by atoms with van der Waals surface area (Å²) in [5.41, 5.74) is 2.05. The zero-order chi connectivity index (χ0) is 19.7.